The first-order valence-corrected chi connectivity index (χ1v) is 9.09. The van der Waals surface area contributed by atoms with E-state index in [9.17, 15) is 0 Å². The highest BCUT2D eigenvalue weighted by Crippen LogP contribution is 2.45. The summed E-state index contributed by atoms with van der Waals surface area (Å²) in [6.45, 7) is 0.245. The van der Waals surface area contributed by atoms with Crippen LogP contribution in [0.4, 0.5) is 11.4 Å². The number of nitrogens with zero attached hydrogens (tertiary/aromatic N) is 1. The molecule has 2 aliphatic heterocycles. The van der Waals surface area contributed by atoms with Gasteiger partial charge in [-0.15, -0.1) is 0 Å². The van der Waals surface area contributed by atoms with Crippen LogP contribution in [-0.2, 0) is 0 Å². The largest absolute Gasteiger partial charge is 0.376 e. The maximum Gasteiger partial charge on any atom is 0.321 e. The van der Waals surface area contributed by atoms with Gasteiger partial charge < -0.3 is 4.81 Å². The Morgan fingerprint density at radius 3 is 2.46 bits per heavy atom. The highest BCUT2D eigenvalue weighted by molar-refractivity contribution is 6.85. The lowest BCUT2D eigenvalue weighted by Crippen LogP contribution is -2.49. The van der Waals surface area contributed by atoms with Crippen LogP contribution >= 0.6 is 0 Å². The second-order valence-electron chi connectivity index (χ2n) is 7.00. The zero-order chi connectivity index (χ0) is 17.1. The summed E-state index contributed by atoms with van der Waals surface area (Å²) in [5.74, 6) is 2.33. The predicted octanol–water partition coefficient (Wildman–Crippen LogP) is 5.42. The first-order valence-electron chi connectivity index (χ1n) is 9.09. The highest BCUT2D eigenvalue weighted by Gasteiger charge is 2.36. The van der Waals surface area contributed by atoms with Gasteiger partial charge in [0.05, 0.1) is 0 Å². The third-order valence-corrected chi connectivity index (χ3v) is 5.65. The molecule has 1 nitrogen and oxygen atoms in total. The molecule has 0 atom stereocenters. The molecule has 0 aliphatic carbocycles. The second kappa shape index (κ2) is 5.12. The summed E-state index contributed by atoms with van der Waals surface area (Å²) in [5.41, 5.74) is 7.93. The summed E-state index contributed by atoms with van der Waals surface area (Å²) in [7, 11) is 0. The maximum absolute atomic E-state index is 2.50. The monoisotopic (exact) mass is 329 g/mol. The summed E-state index contributed by atoms with van der Waals surface area (Å²) in [6, 6.07) is 30.8. The van der Waals surface area contributed by atoms with Gasteiger partial charge in [-0.05, 0) is 39.5 Å². The Balaban J connectivity index is 1.77. The topological polar surface area (TPSA) is 3.24 Å². The molecule has 2 heteroatoms. The number of anilines is 2. The third-order valence-electron chi connectivity index (χ3n) is 5.65. The van der Waals surface area contributed by atoms with Crippen LogP contribution in [0.2, 0.25) is 0 Å². The minimum atomic E-state index is 0.245. The van der Waals surface area contributed by atoms with Crippen LogP contribution in [-0.4, -0.2) is 6.85 Å². The van der Waals surface area contributed by atoms with Crippen LogP contribution in [0.15, 0.2) is 90.9 Å². The van der Waals surface area contributed by atoms with Gasteiger partial charge in [0.2, 0.25) is 0 Å². The van der Waals surface area contributed by atoms with Crippen molar-refractivity contribution in [2.75, 3.05) is 4.81 Å². The number of benzene rings is 4. The smallest absolute Gasteiger partial charge is 0.321 e. The van der Waals surface area contributed by atoms with Gasteiger partial charge in [-0.1, -0.05) is 84.8 Å². The Morgan fingerprint density at radius 2 is 1.46 bits per heavy atom. The van der Waals surface area contributed by atoms with E-state index in [0.29, 0.717) is 0 Å². The zero-order valence-corrected chi connectivity index (χ0v) is 14.3. The Bertz CT molecular complexity index is 1210. The van der Waals surface area contributed by atoms with Gasteiger partial charge in [-0.2, -0.15) is 0 Å². The number of fused-ring (bicyclic) bond motifs is 10. The molecule has 6 rings (SSSR count). The molecule has 0 saturated carbocycles. The summed E-state index contributed by atoms with van der Waals surface area (Å²) >= 11 is 0. The van der Waals surface area contributed by atoms with Crippen molar-refractivity contribution >= 4 is 40.5 Å². The lowest BCUT2D eigenvalue weighted by molar-refractivity contribution is 1.35. The molecule has 0 aromatic heterocycles. The average Bonchev–Trinajstić information content (AvgIpc) is 2.73. The Morgan fingerprint density at radius 1 is 0.654 bits per heavy atom. The molecule has 4 aromatic rings. The van der Waals surface area contributed by atoms with Crippen LogP contribution in [0.5, 0.6) is 0 Å². The zero-order valence-electron chi connectivity index (χ0n) is 14.3. The van der Waals surface area contributed by atoms with E-state index < -0.39 is 0 Å². The number of hydrogen-bond donors (Lipinski definition) is 0. The molecule has 0 N–H and O–H groups in total. The number of para-hydroxylation sites is 1. The molecule has 0 unspecified atom stereocenters. The van der Waals surface area contributed by atoms with Gasteiger partial charge in [0.1, 0.15) is 0 Å². The molecule has 26 heavy (non-hydrogen) atoms. The van der Waals surface area contributed by atoms with E-state index >= 15 is 0 Å². The van der Waals surface area contributed by atoms with E-state index in [1.54, 1.807) is 0 Å². The SMILES string of the molecule is C1=Cc2ccccc2N2B1c1ccccc1-c1c2ccc2ccccc12. The van der Waals surface area contributed by atoms with Crippen molar-refractivity contribution in [1.29, 1.82) is 0 Å². The van der Waals surface area contributed by atoms with Crippen LogP contribution in [0.25, 0.3) is 28.0 Å². The highest BCUT2D eigenvalue weighted by atomic mass is 15.1. The van der Waals surface area contributed by atoms with Gasteiger partial charge in [0, 0.05) is 16.9 Å². The Kier molecular flexibility index (Phi) is 2.75. The van der Waals surface area contributed by atoms with Gasteiger partial charge >= 0.3 is 6.85 Å². The molecule has 0 spiro atoms. The molecule has 120 valence electrons. The fraction of sp³-hybridized carbons (Fsp3) is 0. The molecule has 2 aliphatic rings. The molecule has 0 radical (unpaired) electrons. The fourth-order valence-corrected chi connectivity index (χ4v) is 4.53. The minimum Gasteiger partial charge on any atom is -0.376 e. The summed E-state index contributed by atoms with van der Waals surface area (Å²) < 4.78 is 0. The molecular weight excluding hydrogens is 313 g/mol. The molecule has 0 bridgehead atoms. The first-order chi connectivity index (χ1) is 12.9. The number of rotatable bonds is 0. The van der Waals surface area contributed by atoms with E-state index in [1.165, 1.54) is 44.3 Å². The maximum atomic E-state index is 2.50. The molecule has 4 aromatic carbocycles. The van der Waals surface area contributed by atoms with E-state index in [2.05, 4.69) is 102 Å². The van der Waals surface area contributed by atoms with Crippen molar-refractivity contribution in [1.82, 2.24) is 0 Å². The van der Waals surface area contributed by atoms with Gasteiger partial charge in [0.15, 0.2) is 0 Å². The molecule has 0 amide bonds. The Labute approximate surface area is 153 Å². The van der Waals surface area contributed by atoms with Crippen molar-refractivity contribution < 1.29 is 0 Å². The van der Waals surface area contributed by atoms with Crippen molar-refractivity contribution in [2.24, 2.45) is 0 Å². The summed E-state index contributed by atoms with van der Waals surface area (Å²) in [4.78, 5) is 2.50. The van der Waals surface area contributed by atoms with Crippen molar-refractivity contribution in [2.45, 2.75) is 0 Å². The average molecular weight is 329 g/mol. The van der Waals surface area contributed by atoms with Crippen LogP contribution in [0.1, 0.15) is 5.56 Å². The van der Waals surface area contributed by atoms with Crippen molar-refractivity contribution in [3.63, 3.8) is 0 Å². The molecule has 0 fully saturated rings. The summed E-state index contributed by atoms with van der Waals surface area (Å²) in [5, 5.41) is 2.61. The standard InChI is InChI=1S/C24H16BN/c1-3-9-19-17(7-1)13-14-23-24(19)20-10-4-5-11-21(20)25-16-15-18-8-2-6-12-22(18)26(23)25/h1-16H. The quantitative estimate of drug-likeness (QED) is 0.389. The third kappa shape index (κ3) is 1.76. The number of hydrogen-bond acceptors (Lipinski definition) is 1. The molecule has 2 heterocycles. The molecular formula is C24H16BN. The fourth-order valence-electron chi connectivity index (χ4n) is 4.53. The predicted molar refractivity (Wildman–Crippen MR) is 112 cm³/mol. The van der Waals surface area contributed by atoms with Crippen molar-refractivity contribution in [3.8, 4) is 11.1 Å². The lowest BCUT2D eigenvalue weighted by atomic mass is 9.48. The normalized spacial score (nSPS) is 13.8. The van der Waals surface area contributed by atoms with Crippen LogP contribution < -0.4 is 10.3 Å². The van der Waals surface area contributed by atoms with E-state index in [-0.39, 0.29) is 6.85 Å². The van der Waals surface area contributed by atoms with Crippen LogP contribution in [0.3, 0.4) is 0 Å². The van der Waals surface area contributed by atoms with E-state index in [0.717, 1.165) is 0 Å². The van der Waals surface area contributed by atoms with Gasteiger partial charge in [-0.3, -0.25) is 0 Å². The van der Waals surface area contributed by atoms with Crippen LogP contribution in [0, 0.1) is 0 Å². The van der Waals surface area contributed by atoms with E-state index in [1.807, 2.05) is 0 Å². The minimum absolute atomic E-state index is 0.245. The Hall–Kier alpha value is -3.26. The van der Waals surface area contributed by atoms with Gasteiger partial charge in [0.25, 0.3) is 0 Å². The lowest BCUT2D eigenvalue weighted by Gasteiger charge is -2.40. The second-order valence-corrected chi connectivity index (χ2v) is 7.00. The summed E-state index contributed by atoms with van der Waals surface area (Å²) in [6.07, 6.45) is 2.26. The molecule has 0 saturated heterocycles. The van der Waals surface area contributed by atoms with E-state index in [4.69, 9.17) is 0 Å². The van der Waals surface area contributed by atoms with Gasteiger partial charge in [-0.25, -0.2) is 0 Å². The van der Waals surface area contributed by atoms with Crippen molar-refractivity contribution in [3.05, 3.63) is 96.5 Å². The first kappa shape index (κ1) is 14.0.